The van der Waals surface area contributed by atoms with Gasteiger partial charge in [0.05, 0.1) is 0 Å². The maximum absolute atomic E-state index is 2.32. The molecule has 0 unspecified atom stereocenters. The van der Waals surface area contributed by atoms with Gasteiger partial charge in [-0.15, -0.1) is 0 Å². The van der Waals surface area contributed by atoms with Gasteiger partial charge in [0.25, 0.3) is 0 Å². The first kappa shape index (κ1) is 8.32. The van der Waals surface area contributed by atoms with Crippen LogP contribution in [0.25, 0.3) is 0 Å². The van der Waals surface area contributed by atoms with Crippen LogP contribution in [0, 0.1) is 0 Å². The van der Waals surface area contributed by atoms with Crippen LogP contribution in [0.1, 0.15) is 33.6 Å². The summed E-state index contributed by atoms with van der Waals surface area (Å²) in [5, 5.41) is 0. The summed E-state index contributed by atoms with van der Waals surface area (Å²) in [7, 11) is 0. The van der Waals surface area contributed by atoms with Gasteiger partial charge in [-0.1, -0.05) is 23.8 Å². The Morgan fingerprint density at radius 2 is 2.27 bits per heavy atom. The monoisotopic (exact) mass is 148 g/mol. The number of rotatable bonds is 1. The molecule has 60 valence electrons. The van der Waals surface area contributed by atoms with Crippen LogP contribution in [0.2, 0.25) is 0 Å². The molecular weight excluding hydrogens is 132 g/mol. The van der Waals surface area contributed by atoms with Crippen LogP contribution in [-0.2, 0) is 0 Å². The van der Waals surface area contributed by atoms with E-state index in [1.807, 2.05) is 0 Å². The van der Waals surface area contributed by atoms with Crippen LogP contribution in [0.3, 0.4) is 0 Å². The van der Waals surface area contributed by atoms with Crippen LogP contribution in [0.4, 0.5) is 0 Å². The van der Waals surface area contributed by atoms with Crippen molar-refractivity contribution in [1.82, 2.24) is 0 Å². The van der Waals surface area contributed by atoms with E-state index >= 15 is 0 Å². The van der Waals surface area contributed by atoms with E-state index in [1.165, 1.54) is 29.6 Å². The highest BCUT2D eigenvalue weighted by molar-refractivity contribution is 5.41. The first-order valence-corrected chi connectivity index (χ1v) is 4.24. The van der Waals surface area contributed by atoms with Crippen molar-refractivity contribution in [3.8, 4) is 0 Å². The summed E-state index contributed by atoms with van der Waals surface area (Å²) in [6.07, 6.45) is 9.23. The zero-order valence-electron chi connectivity index (χ0n) is 7.65. The molecule has 0 aliphatic heterocycles. The van der Waals surface area contributed by atoms with Crippen LogP contribution < -0.4 is 0 Å². The predicted molar refractivity (Wildman–Crippen MR) is 50.5 cm³/mol. The molecule has 0 N–H and O–H groups in total. The molecule has 0 atom stereocenters. The standard InChI is InChI=1S/C11H16/c1-4-10(3)11-7-5-6-9(2)8-11/h4,7-8H,5-6H2,1-3H3/b10-4+. The summed E-state index contributed by atoms with van der Waals surface area (Å²) in [6, 6.07) is 0. The Morgan fingerprint density at radius 1 is 1.55 bits per heavy atom. The zero-order chi connectivity index (χ0) is 8.27. The minimum Gasteiger partial charge on any atom is -0.0841 e. The van der Waals surface area contributed by atoms with E-state index in [0.29, 0.717) is 0 Å². The van der Waals surface area contributed by atoms with Gasteiger partial charge in [0.2, 0.25) is 0 Å². The normalized spacial score (nSPS) is 19.4. The molecule has 0 saturated carbocycles. The second kappa shape index (κ2) is 3.56. The van der Waals surface area contributed by atoms with Crippen molar-refractivity contribution < 1.29 is 0 Å². The summed E-state index contributed by atoms with van der Waals surface area (Å²) in [5.74, 6) is 0. The van der Waals surface area contributed by atoms with Crippen molar-refractivity contribution in [3.05, 3.63) is 34.9 Å². The third kappa shape index (κ3) is 2.07. The molecule has 0 saturated heterocycles. The summed E-state index contributed by atoms with van der Waals surface area (Å²) >= 11 is 0. The molecule has 1 aliphatic rings. The Bertz CT molecular complexity index is 226. The average molecular weight is 148 g/mol. The Morgan fingerprint density at radius 3 is 2.82 bits per heavy atom. The molecule has 0 amide bonds. The summed E-state index contributed by atoms with van der Waals surface area (Å²) in [5.41, 5.74) is 4.31. The first-order valence-electron chi connectivity index (χ1n) is 4.24. The molecule has 0 nitrogen and oxygen atoms in total. The van der Waals surface area contributed by atoms with Gasteiger partial charge in [-0.2, -0.15) is 0 Å². The lowest BCUT2D eigenvalue weighted by Gasteiger charge is -2.10. The Kier molecular flexibility index (Phi) is 2.70. The third-order valence-electron chi connectivity index (χ3n) is 2.19. The maximum Gasteiger partial charge on any atom is -0.0271 e. The quantitative estimate of drug-likeness (QED) is 0.532. The molecule has 1 rings (SSSR count). The van der Waals surface area contributed by atoms with Crippen LogP contribution in [-0.4, -0.2) is 0 Å². The van der Waals surface area contributed by atoms with E-state index in [2.05, 4.69) is 39.0 Å². The highest BCUT2D eigenvalue weighted by Crippen LogP contribution is 2.21. The third-order valence-corrected chi connectivity index (χ3v) is 2.19. The number of allylic oxidation sites excluding steroid dienone is 6. The molecule has 0 spiro atoms. The molecular formula is C11H16. The summed E-state index contributed by atoms with van der Waals surface area (Å²) < 4.78 is 0. The number of hydrogen-bond donors (Lipinski definition) is 0. The Balaban J connectivity index is 2.82. The maximum atomic E-state index is 2.32. The summed E-state index contributed by atoms with van der Waals surface area (Å²) in [4.78, 5) is 0. The fourth-order valence-corrected chi connectivity index (χ4v) is 1.29. The molecule has 0 radical (unpaired) electrons. The van der Waals surface area contributed by atoms with Crippen molar-refractivity contribution in [1.29, 1.82) is 0 Å². The minimum atomic E-state index is 1.21. The molecule has 0 heterocycles. The van der Waals surface area contributed by atoms with Crippen molar-refractivity contribution in [2.24, 2.45) is 0 Å². The fraction of sp³-hybridized carbons (Fsp3) is 0.455. The molecule has 0 heteroatoms. The minimum absolute atomic E-state index is 1.21. The molecule has 11 heavy (non-hydrogen) atoms. The van der Waals surface area contributed by atoms with Gasteiger partial charge < -0.3 is 0 Å². The average Bonchev–Trinajstić information content (AvgIpc) is 2.03. The molecule has 0 aromatic heterocycles. The van der Waals surface area contributed by atoms with Crippen molar-refractivity contribution in [2.75, 3.05) is 0 Å². The van der Waals surface area contributed by atoms with Gasteiger partial charge in [0.15, 0.2) is 0 Å². The van der Waals surface area contributed by atoms with Gasteiger partial charge in [-0.25, -0.2) is 0 Å². The predicted octanol–water partition coefficient (Wildman–Crippen LogP) is 3.62. The molecule has 0 aromatic carbocycles. The summed E-state index contributed by atoms with van der Waals surface area (Å²) in [6.45, 7) is 6.46. The second-order valence-corrected chi connectivity index (χ2v) is 3.16. The first-order chi connectivity index (χ1) is 5.24. The van der Waals surface area contributed by atoms with E-state index in [1.54, 1.807) is 0 Å². The molecule has 0 fully saturated rings. The smallest absolute Gasteiger partial charge is 0.0271 e. The van der Waals surface area contributed by atoms with E-state index in [4.69, 9.17) is 0 Å². The van der Waals surface area contributed by atoms with Crippen molar-refractivity contribution in [3.63, 3.8) is 0 Å². The number of hydrogen-bond acceptors (Lipinski definition) is 0. The topological polar surface area (TPSA) is 0 Å². The zero-order valence-corrected chi connectivity index (χ0v) is 7.65. The second-order valence-electron chi connectivity index (χ2n) is 3.16. The van der Waals surface area contributed by atoms with E-state index in [-0.39, 0.29) is 0 Å². The lowest BCUT2D eigenvalue weighted by Crippen LogP contribution is -1.90. The van der Waals surface area contributed by atoms with E-state index in [0.717, 1.165) is 0 Å². The van der Waals surface area contributed by atoms with Gasteiger partial charge in [-0.3, -0.25) is 0 Å². The highest BCUT2D eigenvalue weighted by Gasteiger charge is 2.01. The van der Waals surface area contributed by atoms with Gasteiger partial charge in [0.1, 0.15) is 0 Å². The Hall–Kier alpha value is -0.780. The molecule has 1 aliphatic carbocycles. The van der Waals surface area contributed by atoms with Gasteiger partial charge in [0, 0.05) is 0 Å². The van der Waals surface area contributed by atoms with Gasteiger partial charge in [-0.05, 0) is 44.8 Å². The largest absolute Gasteiger partial charge is 0.0841 e. The SMILES string of the molecule is C/C=C(\C)C1=CCCC(C)=C1. The van der Waals surface area contributed by atoms with Crippen LogP contribution in [0.5, 0.6) is 0 Å². The lowest BCUT2D eigenvalue weighted by atomic mass is 9.96. The highest BCUT2D eigenvalue weighted by atomic mass is 14.1. The lowest BCUT2D eigenvalue weighted by molar-refractivity contribution is 0.947. The van der Waals surface area contributed by atoms with Gasteiger partial charge >= 0.3 is 0 Å². The molecule has 0 aromatic rings. The Labute approximate surface area is 69.3 Å². The van der Waals surface area contributed by atoms with Crippen LogP contribution >= 0.6 is 0 Å². The van der Waals surface area contributed by atoms with Crippen molar-refractivity contribution >= 4 is 0 Å². The van der Waals surface area contributed by atoms with E-state index < -0.39 is 0 Å². The van der Waals surface area contributed by atoms with E-state index in [9.17, 15) is 0 Å². The molecule has 0 bridgehead atoms. The van der Waals surface area contributed by atoms with Crippen LogP contribution in [0.15, 0.2) is 34.9 Å². The fourth-order valence-electron chi connectivity index (χ4n) is 1.29. The van der Waals surface area contributed by atoms with Crippen molar-refractivity contribution in [2.45, 2.75) is 33.6 Å².